The standard InChI is InChI=1S/C17H27N3O6S2/c1-13(21)18-16-11-15(5-6-17(16)26-4)28(24,25)20(9-8-19(2)3)14-7-10-27(22,23)12-14/h5-6,11,14H,7-10,12H2,1-4H3,(H,18,21)/t14-/m0/s1. The van der Waals surface area contributed by atoms with Crippen LogP contribution in [-0.4, -0.2) is 83.8 Å². The van der Waals surface area contributed by atoms with E-state index in [9.17, 15) is 21.6 Å². The average Bonchev–Trinajstić information content (AvgIpc) is 2.93. The van der Waals surface area contributed by atoms with Crippen LogP contribution in [0.25, 0.3) is 0 Å². The number of ether oxygens (including phenoxy) is 1. The van der Waals surface area contributed by atoms with Gasteiger partial charge in [0.2, 0.25) is 15.9 Å². The fourth-order valence-electron chi connectivity index (χ4n) is 3.07. The number of carbonyl (C=O) groups excluding carboxylic acids is 1. The molecular formula is C17H27N3O6S2. The molecule has 1 saturated heterocycles. The van der Waals surface area contributed by atoms with Gasteiger partial charge in [0.15, 0.2) is 9.84 Å². The van der Waals surface area contributed by atoms with Crippen LogP contribution in [0, 0.1) is 0 Å². The molecule has 0 aliphatic carbocycles. The number of carbonyl (C=O) groups is 1. The van der Waals surface area contributed by atoms with E-state index in [2.05, 4.69) is 5.32 Å². The molecule has 0 spiro atoms. The van der Waals surface area contributed by atoms with Crippen LogP contribution in [0.15, 0.2) is 23.1 Å². The Bertz CT molecular complexity index is 928. The lowest BCUT2D eigenvalue weighted by atomic mass is 10.2. The normalized spacial score (nSPS) is 19.1. The van der Waals surface area contributed by atoms with Gasteiger partial charge in [0.05, 0.1) is 29.2 Å². The zero-order chi connectivity index (χ0) is 21.1. The molecule has 1 atom stereocenters. The van der Waals surface area contributed by atoms with Crippen LogP contribution in [0.2, 0.25) is 0 Å². The number of hydrogen-bond acceptors (Lipinski definition) is 7. The summed E-state index contributed by atoms with van der Waals surface area (Å²) >= 11 is 0. The van der Waals surface area contributed by atoms with Gasteiger partial charge in [0.25, 0.3) is 0 Å². The lowest BCUT2D eigenvalue weighted by Crippen LogP contribution is -2.44. The monoisotopic (exact) mass is 433 g/mol. The van der Waals surface area contributed by atoms with Crippen LogP contribution in [0.3, 0.4) is 0 Å². The summed E-state index contributed by atoms with van der Waals surface area (Å²) in [5.74, 6) is -0.239. The number of hydrogen-bond donors (Lipinski definition) is 1. The number of sulfonamides is 1. The molecule has 1 heterocycles. The van der Waals surface area contributed by atoms with Gasteiger partial charge in [-0.15, -0.1) is 0 Å². The number of amides is 1. The Labute approximate surface area is 166 Å². The minimum atomic E-state index is -3.98. The van der Waals surface area contributed by atoms with E-state index in [0.717, 1.165) is 0 Å². The molecule has 1 aromatic rings. The molecule has 2 rings (SSSR count). The van der Waals surface area contributed by atoms with Crippen LogP contribution in [0.1, 0.15) is 13.3 Å². The van der Waals surface area contributed by atoms with E-state index in [0.29, 0.717) is 12.3 Å². The van der Waals surface area contributed by atoms with E-state index < -0.39 is 25.9 Å². The zero-order valence-corrected chi connectivity index (χ0v) is 18.1. The molecular weight excluding hydrogens is 406 g/mol. The Morgan fingerprint density at radius 3 is 2.46 bits per heavy atom. The van der Waals surface area contributed by atoms with Crippen molar-refractivity contribution >= 4 is 31.5 Å². The number of nitrogens with one attached hydrogen (secondary N) is 1. The van der Waals surface area contributed by atoms with Crippen molar-refractivity contribution in [2.45, 2.75) is 24.3 Å². The van der Waals surface area contributed by atoms with E-state index in [1.54, 1.807) is 0 Å². The highest BCUT2D eigenvalue weighted by molar-refractivity contribution is 7.92. The van der Waals surface area contributed by atoms with E-state index in [-0.39, 0.29) is 41.0 Å². The molecule has 28 heavy (non-hydrogen) atoms. The van der Waals surface area contributed by atoms with Crippen molar-refractivity contribution in [2.24, 2.45) is 0 Å². The van der Waals surface area contributed by atoms with Crippen molar-refractivity contribution in [3.63, 3.8) is 0 Å². The average molecular weight is 434 g/mol. The lowest BCUT2D eigenvalue weighted by molar-refractivity contribution is -0.114. The molecule has 0 radical (unpaired) electrons. The molecule has 0 saturated carbocycles. The Morgan fingerprint density at radius 2 is 1.96 bits per heavy atom. The molecule has 0 aromatic heterocycles. The first kappa shape index (κ1) is 22.6. The molecule has 1 fully saturated rings. The predicted molar refractivity (Wildman–Crippen MR) is 107 cm³/mol. The smallest absolute Gasteiger partial charge is 0.243 e. The first-order chi connectivity index (χ1) is 13.0. The van der Waals surface area contributed by atoms with Gasteiger partial charge in [-0.2, -0.15) is 4.31 Å². The minimum absolute atomic E-state index is 0.0224. The third-order valence-electron chi connectivity index (χ3n) is 4.47. The summed E-state index contributed by atoms with van der Waals surface area (Å²) in [6.07, 6.45) is 0.268. The molecule has 9 nitrogen and oxygen atoms in total. The molecule has 1 aliphatic heterocycles. The number of anilines is 1. The molecule has 1 amide bonds. The van der Waals surface area contributed by atoms with Crippen molar-refractivity contribution in [3.05, 3.63) is 18.2 Å². The second-order valence-corrected chi connectivity index (χ2v) is 11.1. The van der Waals surface area contributed by atoms with Crippen molar-refractivity contribution in [3.8, 4) is 5.75 Å². The molecule has 0 unspecified atom stereocenters. The van der Waals surface area contributed by atoms with Crippen LogP contribution < -0.4 is 10.1 Å². The van der Waals surface area contributed by atoms with Gasteiger partial charge in [-0.05, 0) is 38.7 Å². The summed E-state index contributed by atoms with van der Waals surface area (Å²) in [5.41, 5.74) is 0.239. The highest BCUT2D eigenvalue weighted by Gasteiger charge is 2.38. The van der Waals surface area contributed by atoms with Gasteiger partial charge in [-0.1, -0.05) is 0 Å². The van der Waals surface area contributed by atoms with Crippen LogP contribution in [-0.2, 0) is 24.7 Å². The Morgan fingerprint density at radius 1 is 1.29 bits per heavy atom. The predicted octanol–water partition coefficient (Wildman–Crippen LogP) is 0.393. The number of sulfone groups is 1. The summed E-state index contributed by atoms with van der Waals surface area (Å²) in [5, 5.41) is 2.56. The number of likely N-dealkylation sites (N-methyl/N-ethyl adjacent to an activating group) is 1. The molecule has 11 heteroatoms. The molecule has 1 aliphatic rings. The fraction of sp³-hybridized carbons (Fsp3) is 0.588. The van der Waals surface area contributed by atoms with Crippen LogP contribution in [0.5, 0.6) is 5.75 Å². The van der Waals surface area contributed by atoms with Gasteiger partial charge in [0, 0.05) is 26.1 Å². The number of benzene rings is 1. The summed E-state index contributed by atoms with van der Waals surface area (Å²) in [4.78, 5) is 13.2. The molecule has 0 bridgehead atoms. The fourth-order valence-corrected chi connectivity index (χ4v) is 6.57. The van der Waals surface area contributed by atoms with Crippen molar-refractivity contribution < 1.29 is 26.4 Å². The second kappa shape index (κ2) is 8.76. The SMILES string of the molecule is COc1ccc(S(=O)(=O)N(CCN(C)C)[C@H]2CCS(=O)(=O)C2)cc1NC(C)=O. The van der Waals surface area contributed by atoms with Gasteiger partial charge in [0.1, 0.15) is 5.75 Å². The summed E-state index contributed by atoms with van der Waals surface area (Å²) in [6, 6.07) is 3.59. The van der Waals surface area contributed by atoms with Crippen LogP contribution in [0.4, 0.5) is 5.69 Å². The van der Waals surface area contributed by atoms with Crippen molar-refractivity contribution in [1.29, 1.82) is 0 Å². The van der Waals surface area contributed by atoms with Crippen molar-refractivity contribution in [1.82, 2.24) is 9.21 Å². The molecule has 1 N–H and O–H groups in total. The summed E-state index contributed by atoms with van der Waals surface area (Å²) in [6.45, 7) is 1.93. The van der Waals surface area contributed by atoms with Gasteiger partial charge < -0.3 is 15.0 Å². The third-order valence-corrected chi connectivity index (χ3v) is 8.17. The number of methoxy groups -OCH3 is 1. The van der Waals surface area contributed by atoms with E-state index in [1.165, 1.54) is 36.5 Å². The van der Waals surface area contributed by atoms with Gasteiger partial charge >= 0.3 is 0 Å². The minimum Gasteiger partial charge on any atom is -0.495 e. The summed E-state index contributed by atoms with van der Waals surface area (Å²) in [7, 11) is -2.18. The first-order valence-electron chi connectivity index (χ1n) is 8.79. The second-order valence-electron chi connectivity index (χ2n) is 7.02. The van der Waals surface area contributed by atoms with E-state index in [1.807, 2.05) is 19.0 Å². The molecule has 1 aromatic carbocycles. The highest BCUT2D eigenvalue weighted by atomic mass is 32.2. The maximum Gasteiger partial charge on any atom is 0.243 e. The van der Waals surface area contributed by atoms with Gasteiger partial charge in [-0.3, -0.25) is 4.79 Å². The first-order valence-corrected chi connectivity index (χ1v) is 12.0. The van der Waals surface area contributed by atoms with Crippen molar-refractivity contribution in [2.75, 3.05) is 51.1 Å². The largest absolute Gasteiger partial charge is 0.495 e. The highest BCUT2D eigenvalue weighted by Crippen LogP contribution is 2.31. The third kappa shape index (κ3) is 5.43. The Hall–Kier alpha value is -1.69. The maximum absolute atomic E-state index is 13.3. The number of nitrogens with zero attached hydrogens (tertiary/aromatic N) is 2. The van der Waals surface area contributed by atoms with Crippen LogP contribution >= 0.6 is 0 Å². The van der Waals surface area contributed by atoms with E-state index >= 15 is 0 Å². The quantitative estimate of drug-likeness (QED) is 0.631. The Balaban J connectivity index is 2.45. The summed E-state index contributed by atoms with van der Waals surface area (Å²) < 4.78 is 56.9. The molecule has 158 valence electrons. The topological polar surface area (TPSA) is 113 Å². The lowest BCUT2D eigenvalue weighted by Gasteiger charge is -2.28. The Kier molecular flexibility index (Phi) is 7.07. The van der Waals surface area contributed by atoms with Gasteiger partial charge in [-0.25, -0.2) is 16.8 Å². The zero-order valence-electron chi connectivity index (χ0n) is 16.5. The maximum atomic E-state index is 13.3. The van der Waals surface area contributed by atoms with E-state index in [4.69, 9.17) is 4.74 Å². The number of rotatable bonds is 8.